The maximum atomic E-state index is 14.4. The zero-order valence-electron chi connectivity index (χ0n) is 23.3. The van der Waals surface area contributed by atoms with Gasteiger partial charge >= 0.3 is 0 Å². The predicted octanol–water partition coefficient (Wildman–Crippen LogP) is 4.17. The molecule has 0 saturated carbocycles. The summed E-state index contributed by atoms with van der Waals surface area (Å²) in [5.74, 6) is -0.325. The first-order valence-electron chi connectivity index (χ1n) is 13.4. The number of carbonyl (C=O) groups excluding carboxylic acids is 1. The number of amides is 1. The lowest BCUT2D eigenvalue weighted by Gasteiger charge is -2.27. The minimum Gasteiger partial charge on any atom is -0.348 e. The van der Waals surface area contributed by atoms with Crippen LogP contribution in [0.3, 0.4) is 0 Å². The molecule has 7 nitrogen and oxygen atoms in total. The third kappa shape index (κ3) is 7.95. The number of carbonyl (C=O) groups is 1. The second-order valence-corrected chi connectivity index (χ2v) is 10.8. The largest absolute Gasteiger partial charge is 0.348 e. The van der Waals surface area contributed by atoms with Gasteiger partial charge in [-0.1, -0.05) is 54.6 Å². The summed E-state index contributed by atoms with van der Waals surface area (Å²) < 4.78 is 16.2. The van der Waals surface area contributed by atoms with Gasteiger partial charge in [-0.3, -0.25) is 4.79 Å². The van der Waals surface area contributed by atoms with Crippen molar-refractivity contribution in [3.05, 3.63) is 101 Å². The number of benzene rings is 3. The van der Waals surface area contributed by atoms with Gasteiger partial charge in [0, 0.05) is 43.8 Å². The molecule has 206 valence electrons. The van der Waals surface area contributed by atoms with Crippen molar-refractivity contribution in [2.45, 2.75) is 39.0 Å². The average molecular weight is 531 g/mol. The first kappa shape index (κ1) is 28.4. The Kier molecular flexibility index (Phi) is 9.45. The third-order valence-corrected chi connectivity index (χ3v) is 6.69. The topological polar surface area (TPSA) is 74.2 Å². The van der Waals surface area contributed by atoms with Gasteiger partial charge < -0.3 is 25.4 Å². The van der Waals surface area contributed by atoms with Crippen molar-refractivity contribution in [1.29, 1.82) is 0 Å². The van der Waals surface area contributed by atoms with Gasteiger partial charge in [0.05, 0.1) is 17.6 Å². The standard InChI is InChI=1S/C31H39FN6O/c1-31(2,35-20-24-15-13-23(14-16-24)19-33-17-18-37(3)4)22-34-30(39)29-36-27-11-7-8-12-28(27)38(29)21-25-9-5-6-10-26(25)32/h5-16,33,35H,17-22H2,1-4H3,(H,34,39). The number of likely N-dealkylation sites (N-methyl/N-ethyl adjacent to an activating group) is 1. The Morgan fingerprint density at radius 1 is 0.949 bits per heavy atom. The zero-order valence-corrected chi connectivity index (χ0v) is 23.3. The van der Waals surface area contributed by atoms with Crippen molar-refractivity contribution in [2.24, 2.45) is 0 Å². The van der Waals surface area contributed by atoms with Crippen molar-refractivity contribution in [3.63, 3.8) is 0 Å². The van der Waals surface area contributed by atoms with Gasteiger partial charge in [-0.2, -0.15) is 0 Å². The molecule has 1 heterocycles. The number of rotatable bonds is 13. The Hall–Kier alpha value is -3.59. The van der Waals surface area contributed by atoms with Gasteiger partial charge in [-0.05, 0) is 57.3 Å². The predicted molar refractivity (Wildman–Crippen MR) is 155 cm³/mol. The van der Waals surface area contributed by atoms with E-state index in [2.05, 4.69) is 78.0 Å². The monoisotopic (exact) mass is 530 g/mol. The molecule has 39 heavy (non-hydrogen) atoms. The van der Waals surface area contributed by atoms with Crippen LogP contribution in [0, 0.1) is 5.82 Å². The first-order chi connectivity index (χ1) is 18.7. The molecule has 0 unspecified atom stereocenters. The van der Waals surface area contributed by atoms with Gasteiger partial charge in [0.2, 0.25) is 0 Å². The fourth-order valence-electron chi connectivity index (χ4n) is 4.30. The molecule has 0 spiro atoms. The molecule has 1 aromatic heterocycles. The molecule has 0 saturated heterocycles. The van der Waals surface area contributed by atoms with Crippen LogP contribution in [0.2, 0.25) is 0 Å². The van der Waals surface area contributed by atoms with Crippen molar-refractivity contribution in [3.8, 4) is 0 Å². The molecule has 0 bridgehead atoms. The van der Waals surface area contributed by atoms with Crippen LogP contribution in [0.4, 0.5) is 4.39 Å². The number of nitrogens with zero attached hydrogens (tertiary/aromatic N) is 3. The van der Waals surface area contributed by atoms with Gasteiger partial charge in [0.1, 0.15) is 5.82 Å². The molecule has 0 aliphatic carbocycles. The van der Waals surface area contributed by atoms with Crippen molar-refractivity contribution < 1.29 is 9.18 Å². The maximum Gasteiger partial charge on any atom is 0.287 e. The van der Waals surface area contributed by atoms with E-state index in [1.165, 1.54) is 17.2 Å². The van der Waals surface area contributed by atoms with Crippen LogP contribution < -0.4 is 16.0 Å². The van der Waals surface area contributed by atoms with E-state index in [0.29, 0.717) is 24.2 Å². The van der Waals surface area contributed by atoms with Crippen LogP contribution in [0.1, 0.15) is 41.2 Å². The van der Waals surface area contributed by atoms with E-state index in [1.807, 2.05) is 24.3 Å². The number of nitrogens with one attached hydrogen (secondary N) is 3. The maximum absolute atomic E-state index is 14.4. The Morgan fingerprint density at radius 2 is 1.62 bits per heavy atom. The summed E-state index contributed by atoms with van der Waals surface area (Å²) in [4.78, 5) is 20.0. The minimum atomic E-state index is -0.357. The quantitative estimate of drug-likeness (QED) is 0.226. The van der Waals surface area contributed by atoms with Crippen LogP contribution in [0.25, 0.3) is 11.0 Å². The van der Waals surface area contributed by atoms with Crippen LogP contribution in [0.15, 0.2) is 72.8 Å². The van der Waals surface area contributed by atoms with E-state index in [1.54, 1.807) is 22.8 Å². The first-order valence-corrected chi connectivity index (χ1v) is 13.4. The smallest absolute Gasteiger partial charge is 0.287 e. The van der Waals surface area contributed by atoms with Crippen LogP contribution in [0.5, 0.6) is 0 Å². The second kappa shape index (κ2) is 13.0. The van der Waals surface area contributed by atoms with Crippen LogP contribution in [-0.4, -0.2) is 59.6 Å². The average Bonchev–Trinajstić information content (AvgIpc) is 3.29. The summed E-state index contributed by atoms with van der Waals surface area (Å²) in [7, 11) is 4.14. The SMILES string of the molecule is CN(C)CCNCc1ccc(CNC(C)(C)CNC(=O)c2nc3ccccc3n2Cc2ccccc2F)cc1. The molecule has 0 radical (unpaired) electrons. The van der Waals surface area contributed by atoms with Crippen LogP contribution in [-0.2, 0) is 19.6 Å². The van der Waals surface area contributed by atoms with Gasteiger partial charge in [0.25, 0.3) is 5.91 Å². The number of halogens is 1. The van der Waals surface area contributed by atoms with E-state index in [-0.39, 0.29) is 29.6 Å². The van der Waals surface area contributed by atoms with E-state index in [9.17, 15) is 9.18 Å². The Bertz CT molecular complexity index is 1380. The zero-order chi connectivity index (χ0) is 27.8. The molecular formula is C31H39FN6O. The molecule has 0 atom stereocenters. The summed E-state index contributed by atoms with van der Waals surface area (Å²) in [6, 6.07) is 22.7. The molecule has 0 aliphatic rings. The molecule has 4 aromatic rings. The summed E-state index contributed by atoms with van der Waals surface area (Å²) in [5.41, 5.74) is 4.07. The van der Waals surface area contributed by atoms with E-state index >= 15 is 0 Å². The summed E-state index contributed by atoms with van der Waals surface area (Å²) in [6.45, 7) is 8.23. The fourth-order valence-corrected chi connectivity index (χ4v) is 4.30. The lowest BCUT2D eigenvalue weighted by molar-refractivity contribution is 0.0928. The van der Waals surface area contributed by atoms with Crippen molar-refractivity contribution >= 4 is 16.9 Å². The Balaban J connectivity index is 1.35. The van der Waals surface area contributed by atoms with Gasteiger partial charge in [-0.25, -0.2) is 9.37 Å². The van der Waals surface area contributed by atoms with E-state index in [4.69, 9.17) is 0 Å². The fraction of sp³-hybridized carbons (Fsp3) is 0.355. The second-order valence-electron chi connectivity index (χ2n) is 10.8. The third-order valence-electron chi connectivity index (χ3n) is 6.69. The number of aromatic nitrogens is 2. The highest BCUT2D eigenvalue weighted by Crippen LogP contribution is 2.19. The molecule has 3 N–H and O–H groups in total. The Labute approximate surface area is 230 Å². The molecule has 0 aliphatic heterocycles. The van der Waals surface area contributed by atoms with Crippen molar-refractivity contribution in [2.75, 3.05) is 33.7 Å². The van der Waals surface area contributed by atoms with E-state index in [0.717, 1.165) is 25.2 Å². The lowest BCUT2D eigenvalue weighted by Crippen LogP contribution is -2.49. The summed E-state index contributed by atoms with van der Waals surface area (Å²) in [5, 5.41) is 10.0. The summed E-state index contributed by atoms with van der Waals surface area (Å²) in [6.07, 6.45) is 0. The number of imidazole rings is 1. The minimum absolute atomic E-state index is 0.221. The molecule has 8 heteroatoms. The molecule has 4 rings (SSSR count). The highest BCUT2D eigenvalue weighted by molar-refractivity contribution is 5.95. The molecule has 0 fully saturated rings. The highest BCUT2D eigenvalue weighted by Gasteiger charge is 2.22. The Morgan fingerprint density at radius 3 is 2.33 bits per heavy atom. The van der Waals surface area contributed by atoms with E-state index < -0.39 is 0 Å². The van der Waals surface area contributed by atoms with Gasteiger partial charge in [-0.15, -0.1) is 0 Å². The van der Waals surface area contributed by atoms with Crippen molar-refractivity contribution in [1.82, 2.24) is 30.4 Å². The number of para-hydroxylation sites is 2. The summed E-state index contributed by atoms with van der Waals surface area (Å²) >= 11 is 0. The normalized spacial score (nSPS) is 11.8. The highest BCUT2D eigenvalue weighted by atomic mass is 19.1. The molecular weight excluding hydrogens is 491 g/mol. The lowest BCUT2D eigenvalue weighted by atomic mass is 10.0. The van der Waals surface area contributed by atoms with Crippen LogP contribution >= 0.6 is 0 Å². The van der Waals surface area contributed by atoms with Gasteiger partial charge in [0.15, 0.2) is 5.82 Å². The number of fused-ring (bicyclic) bond motifs is 1. The molecule has 1 amide bonds. The number of hydrogen-bond donors (Lipinski definition) is 3. The number of hydrogen-bond acceptors (Lipinski definition) is 5. The molecule has 3 aromatic carbocycles.